The van der Waals surface area contributed by atoms with Crippen LogP contribution in [0.4, 0.5) is 15.8 Å². The number of para-hydroxylation sites is 1. The summed E-state index contributed by atoms with van der Waals surface area (Å²) >= 11 is 6.08. The Bertz CT molecular complexity index is 937. The molecule has 1 heterocycles. The molecule has 0 radical (unpaired) electrons. The number of benzene rings is 2. The van der Waals surface area contributed by atoms with Crippen LogP contribution in [0.2, 0.25) is 5.02 Å². The van der Waals surface area contributed by atoms with Crippen molar-refractivity contribution in [3.8, 4) is 5.75 Å². The number of piperazine rings is 1. The molecule has 1 N–H and O–H groups in total. The molecule has 0 atom stereocenters. The second-order valence-electron chi connectivity index (χ2n) is 6.03. The maximum absolute atomic E-state index is 13.6. The molecule has 7 nitrogen and oxygen atoms in total. The van der Waals surface area contributed by atoms with Gasteiger partial charge in [0.2, 0.25) is 5.91 Å². The van der Waals surface area contributed by atoms with Crippen LogP contribution in [0.3, 0.4) is 0 Å². The van der Waals surface area contributed by atoms with E-state index in [9.17, 15) is 18.8 Å². The highest BCUT2D eigenvalue weighted by Crippen LogP contribution is 2.30. The van der Waals surface area contributed by atoms with E-state index >= 15 is 0 Å². The van der Waals surface area contributed by atoms with Gasteiger partial charge >= 0.3 is 11.8 Å². The monoisotopic (exact) mass is 405 g/mol. The number of amides is 3. The molecular formula is C19H17ClFN3O4. The highest BCUT2D eigenvalue weighted by atomic mass is 35.5. The average Bonchev–Trinajstić information content (AvgIpc) is 2.67. The lowest BCUT2D eigenvalue weighted by molar-refractivity contribution is -0.147. The SMILES string of the molecule is COc1ccc(N2CCN(CC(=O)Nc3ccccc3F)C(=O)C2=O)cc1Cl. The van der Waals surface area contributed by atoms with Gasteiger partial charge in [0.1, 0.15) is 18.1 Å². The third kappa shape index (κ3) is 4.07. The molecule has 0 unspecified atom stereocenters. The molecular weight excluding hydrogens is 389 g/mol. The summed E-state index contributed by atoms with van der Waals surface area (Å²) < 4.78 is 18.7. The fraction of sp³-hybridized carbons (Fsp3) is 0.211. The summed E-state index contributed by atoms with van der Waals surface area (Å²) in [6, 6.07) is 10.4. The first-order valence-electron chi connectivity index (χ1n) is 8.39. The van der Waals surface area contributed by atoms with Gasteiger partial charge in [0, 0.05) is 18.8 Å². The second kappa shape index (κ2) is 8.26. The molecule has 28 heavy (non-hydrogen) atoms. The van der Waals surface area contributed by atoms with Crippen molar-refractivity contribution >= 4 is 40.7 Å². The number of hydrogen-bond acceptors (Lipinski definition) is 4. The third-order valence-electron chi connectivity index (χ3n) is 4.24. The summed E-state index contributed by atoms with van der Waals surface area (Å²) in [7, 11) is 1.47. The number of hydrogen-bond donors (Lipinski definition) is 1. The summed E-state index contributed by atoms with van der Waals surface area (Å²) in [5, 5.41) is 2.70. The van der Waals surface area contributed by atoms with Gasteiger partial charge in [0.05, 0.1) is 17.8 Å². The Morgan fingerprint density at radius 2 is 1.93 bits per heavy atom. The Balaban J connectivity index is 1.66. The van der Waals surface area contributed by atoms with Crippen molar-refractivity contribution in [3.05, 3.63) is 53.3 Å². The zero-order valence-electron chi connectivity index (χ0n) is 14.9. The molecule has 1 aliphatic heterocycles. The Morgan fingerprint density at radius 1 is 1.18 bits per heavy atom. The van der Waals surface area contributed by atoms with E-state index in [1.807, 2.05) is 0 Å². The van der Waals surface area contributed by atoms with Crippen LogP contribution in [0.25, 0.3) is 0 Å². The first-order valence-corrected chi connectivity index (χ1v) is 8.77. The predicted octanol–water partition coefficient (Wildman–Crippen LogP) is 2.30. The molecule has 0 aromatic heterocycles. The minimum Gasteiger partial charge on any atom is -0.495 e. The van der Waals surface area contributed by atoms with E-state index in [4.69, 9.17) is 16.3 Å². The molecule has 3 amide bonds. The number of ether oxygens (including phenoxy) is 1. The highest BCUT2D eigenvalue weighted by molar-refractivity contribution is 6.41. The van der Waals surface area contributed by atoms with Crippen molar-refractivity contribution in [1.29, 1.82) is 0 Å². The Morgan fingerprint density at radius 3 is 2.61 bits per heavy atom. The molecule has 0 spiro atoms. The number of nitrogens with zero attached hydrogens (tertiary/aromatic N) is 2. The first kappa shape index (κ1) is 19.6. The number of carbonyl (C=O) groups excluding carboxylic acids is 3. The van der Waals surface area contributed by atoms with Gasteiger partial charge < -0.3 is 19.9 Å². The topological polar surface area (TPSA) is 79.0 Å². The van der Waals surface area contributed by atoms with Crippen molar-refractivity contribution in [2.45, 2.75) is 0 Å². The smallest absolute Gasteiger partial charge is 0.316 e. The van der Waals surface area contributed by atoms with Gasteiger partial charge in [-0.25, -0.2) is 4.39 Å². The quantitative estimate of drug-likeness (QED) is 0.774. The van der Waals surface area contributed by atoms with Gasteiger partial charge in [-0.3, -0.25) is 14.4 Å². The molecule has 1 saturated heterocycles. The van der Waals surface area contributed by atoms with E-state index in [1.165, 1.54) is 36.3 Å². The zero-order chi connectivity index (χ0) is 20.3. The number of halogens is 2. The van der Waals surface area contributed by atoms with Crippen molar-refractivity contribution in [2.24, 2.45) is 0 Å². The zero-order valence-corrected chi connectivity index (χ0v) is 15.7. The minimum atomic E-state index is -0.818. The van der Waals surface area contributed by atoms with Crippen LogP contribution < -0.4 is 15.0 Å². The third-order valence-corrected chi connectivity index (χ3v) is 4.53. The summed E-state index contributed by atoms with van der Waals surface area (Å²) in [6.07, 6.45) is 0. The van der Waals surface area contributed by atoms with E-state index in [0.717, 1.165) is 4.90 Å². The maximum atomic E-state index is 13.6. The molecule has 146 valence electrons. The molecule has 0 bridgehead atoms. The summed E-state index contributed by atoms with van der Waals surface area (Å²) in [5.74, 6) is -2.31. The van der Waals surface area contributed by atoms with Gasteiger partial charge in [-0.05, 0) is 30.3 Å². The Labute approximate surface area is 165 Å². The molecule has 2 aromatic rings. The number of methoxy groups -OCH3 is 1. The van der Waals surface area contributed by atoms with Gasteiger partial charge in [0.15, 0.2) is 0 Å². The van der Waals surface area contributed by atoms with Gasteiger partial charge in [-0.15, -0.1) is 0 Å². The first-order chi connectivity index (χ1) is 13.4. The second-order valence-corrected chi connectivity index (χ2v) is 6.44. The summed E-state index contributed by atoms with van der Waals surface area (Å²) in [6.45, 7) is -0.00472. The van der Waals surface area contributed by atoms with Crippen molar-refractivity contribution in [2.75, 3.05) is 37.0 Å². The number of carbonyl (C=O) groups is 3. The molecule has 1 fully saturated rings. The Kier molecular flexibility index (Phi) is 5.79. The van der Waals surface area contributed by atoms with Crippen LogP contribution in [0, 0.1) is 5.82 Å². The lowest BCUT2D eigenvalue weighted by Crippen LogP contribution is -2.56. The van der Waals surface area contributed by atoms with Crippen LogP contribution in [0.5, 0.6) is 5.75 Å². The van der Waals surface area contributed by atoms with Crippen LogP contribution in [0.15, 0.2) is 42.5 Å². The number of nitrogens with one attached hydrogen (secondary N) is 1. The highest BCUT2D eigenvalue weighted by Gasteiger charge is 2.34. The number of anilines is 2. The molecule has 1 aliphatic rings. The van der Waals surface area contributed by atoms with Gasteiger partial charge in [-0.2, -0.15) is 0 Å². The Hall–Kier alpha value is -3.13. The minimum absolute atomic E-state index is 0.0118. The van der Waals surface area contributed by atoms with E-state index in [0.29, 0.717) is 16.5 Å². The number of rotatable bonds is 5. The van der Waals surface area contributed by atoms with Crippen LogP contribution in [-0.2, 0) is 14.4 Å². The lowest BCUT2D eigenvalue weighted by Gasteiger charge is -2.33. The van der Waals surface area contributed by atoms with E-state index in [-0.39, 0.29) is 25.3 Å². The van der Waals surface area contributed by atoms with Crippen molar-refractivity contribution < 1.29 is 23.5 Å². The molecule has 0 aliphatic carbocycles. The summed E-state index contributed by atoms with van der Waals surface area (Å²) in [5.41, 5.74) is 0.470. The average molecular weight is 406 g/mol. The van der Waals surface area contributed by atoms with Crippen LogP contribution >= 0.6 is 11.6 Å². The van der Waals surface area contributed by atoms with E-state index in [1.54, 1.807) is 18.2 Å². The summed E-state index contributed by atoms with van der Waals surface area (Å²) in [4.78, 5) is 39.4. The molecule has 0 saturated carbocycles. The van der Waals surface area contributed by atoms with Gasteiger partial charge in [-0.1, -0.05) is 23.7 Å². The van der Waals surface area contributed by atoms with Gasteiger partial charge in [0.25, 0.3) is 0 Å². The van der Waals surface area contributed by atoms with Crippen molar-refractivity contribution in [1.82, 2.24) is 4.90 Å². The van der Waals surface area contributed by atoms with E-state index in [2.05, 4.69) is 5.32 Å². The molecule has 9 heteroatoms. The largest absolute Gasteiger partial charge is 0.495 e. The fourth-order valence-corrected chi connectivity index (χ4v) is 3.07. The van der Waals surface area contributed by atoms with Crippen LogP contribution in [-0.4, -0.2) is 49.4 Å². The van der Waals surface area contributed by atoms with Crippen molar-refractivity contribution in [3.63, 3.8) is 0 Å². The normalized spacial score (nSPS) is 14.2. The van der Waals surface area contributed by atoms with E-state index < -0.39 is 23.5 Å². The standard InChI is InChI=1S/C19H17ClFN3O4/c1-28-16-7-6-12(10-13(16)20)24-9-8-23(18(26)19(24)27)11-17(25)22-15-5-3-2-4-14(15)21/h2-7,10H,8-9,11H2,1H3,(H,22,25). The molecule has 3 rings (SSSR count). The maximum Gasteiger partial charge on any atom is 0.316 e. The van der Waals surface area contributed by atoms with Crippen LogP contribution in [0.1, 0.15) is 0 Å². The fourth-order valence-electron chi connectivity index (χ4n) is 2.82. The predicted molar refractivity (Wildman–Crippen MR) is 102 cm³/mol. The lowest BCUT2D eigenvalue weighted by atomic mass is 10.2. The molecule has 2 aromatic carbocycles.